The number of hydrogen-bond acceptors (Lipinski definition) is 6. The van der Waals surface area contributed by atoms with Crippen molar-refractivity contribution in [2.75, 3.05) is 13.2 Å². The highest BCUT2D eigenvalue weighted by molar-refractivity contribution is 5.71. The molecule has 0 bridgehead atoms. The van der Waals surface area contributed by atoms with Crippen molar-refractivity contribution in [2.45, 2.75) is 316 Å². The highest BCUT2D eigenvalue weighted by Crippen LogP contribution is 2.16. The first-order chi connectivity index (χ1) is 38.5. The Kier molecular flexibility index (Phi) is 62.3. The molecule has 0 amide bonds. The standard InChI is InChI=1S/C72H122O6/c1-4-7-10-13-16-19-22-25-27-29-31-32-33-34-35-36-37-38-39-40-41-43-44-47-50-53-56-59-62-65-71(74)77-68-69(67-76-70(73)64-61-58-55-52-49-46-24-21-18-15-12-9-6-3)78-72(75)66-63-60-57-54-51-48-45-42-30-28-26-23-20-17-14-11-8-5-2/h9,12,18,20-23,25,28-31,33-34,46,49,55,58,69H,4-8,10-11,13-17,19,24,26-27,32,35-45,47-48,50-54,56-57,59-68H2,1-3H3/b12-9-,21-18-,23-20-,25-22-,30-28-,31-29-,34-33-,49-46-,58-55-. The van der Waals surface area contributed by atoms with Gasteiger partial charge in [0.05, 0.1) is 0 Å². The fourth-order valence-electron chi connectivity index (χ4n) is 9.08. The van der Waals surface area contributed by atoms with Crippen LogP contribution in [0, 0.1) is 0 Å². The van der Waals surface area contributed by atoms with Crippen LogP contribution in [0.5, 0.6) is 0 Å². The Hall–Kier alpha value is -3.93. The van der Waals surface area contributed by atoms with E-state index < -0.39 is 6.10 Å². The molecule has 0 radical (unpaired) electrons. The van der Waals surface area contributed by atoms with Crippen LogP contribution in [0.1, 0.15) is 310 Å². The van der Waals surface area contributed by atoms with Crippen LogP contribution in [-0.4, -0.2) is 37.2 Å². The number of unbranched alkanes of at least 4 members (excludes halogenated alkanes) is 30. The average molecular weight is 1080 g/mol. The van der Waals surface area contributed by atoms with Gasteiger partial charge in [0.2, 0.25) is 0 Å². The molecule has 0 aromatic rings. The lowest BCUT2D eigenvalue weighted by Gasteiger charge is -2.18. The van der Waals surface area contributed by atoms with Gasteiger partial charge in [-0.3, -0.25) is 14.4 Å². The van der Waals surface area contributed by atoms with E-state index in [9.17, 15) is 14.4 Å². The number of carbonyl (C=O) groups excluding carboxylic acids is 3. The summed E-state index contributed by atoms with van der Waals surface area (Å²) < 4.78 is 16.8. The molecular formula is C72H122O6. The third-order valence-electron chi connectivity index (χ3n) is 14.0. The van der Waals surface area contributed by atoms with Gasteiger partial charge in [-0.25, -0.2) is 0 Å². The van der Waals surface area contributed by atoms with Crippen LogP contribution in [0.2, 0.25) is 0 Å². The minimum absolute atomic E-state index is 0.104. The van der Waals surface area contributed by atoms with Gasteiger partial charge in [0, 0.05) is 19.3 Å². The van der Waals surface area contributed by atoms with Gasteiger partial charge in [0.15, 0.2) is 6.10 Å². The summed E-state index contributed by atoms with van der Waals surface area (Å²) in [6.45, 7) is 6.44. The Balaban J connectivity index is 4.30. The lowest BCUT2D eigenvalue weighted by molar-refractivity contribution is -0.166. The topological polar surface area (TPSA) is 78.9 Å². The molecule has 0 N–H and O–H groups in total. The Bertz CT molecular complexity index is 1570. The smallest absolute Gasteiger partial charge is 0.306 e. The van der Waals surface area contributed by atoms with Gasteiger partial charge >= 0.3 is 17.9 Å². The van der Waals surface area contributed by atoms with Crippen molar-refractivity contribution in [1.29, 1.82) is 0 Å². The highest BCUT2D eigenvalue weighted by atomic mass is 16.6. The summed E-state index contributed by atoms with van der Waals surface area (Å²) in [4.78, 5) is 38.3. The SMILES string of the molecule is CC/C=C\C/C=C\C/C=C\C/C=C\CCC(=O)OCC(COC(=O)CCCCCCCCCCCCCCCC/C=C\C/C=C\C/C=C\CCCCCCC)OC(=O)CCCCCCCCC/C=C\C/C=C\CCCCCC. The molecule has 0 saturated carbocycles. The summed E-state index contributed by atoms with van der Waals surface area (Å²) >= 11 is 0. The summed E-state index contributed by atoms with van der Waals surface area (Å²) in [5.74, 6) is -0.990. The minimum Gasteiger partial charge on any atom is -0.462 e. The maximum atomic E-state index is 12.9. The van der Waals surface area contributed by atoms with Gasteiger partial charge in [-0.15, -0.1) is 0 Å². The molecule has 0 spiro atoms. The molecule has 78 heavy (non-hydrogen) atoms. The third-order valence-corrected chi connectivity index (χ3v) is 14.0. The molecule has 0 saturated heterocycles. The molecule has 0 aliphatic carbocycles. The molecule has 6 heteroatoms. The number of allylic oxidation sites excluding steroid dienone is 18. The molecule has 1 unspecified atom stereocenters. The fourth-order valence-corrected chi connectivity index (χ4v) is 9.08. The van der Waals surface area contributed by atoms with Crippen LogP contribution in [-0.2, 0) is 28.6 Å². The summed E-state index contributed by atoms with van der Waals surface area (Å²) in [7, 11) is 0. The van der Waals surface area contributed by atoms with Crippen molar-refractivity contribution in [2.24, 2.45) is 0 Å². The minimum atomic E-state index is -0.814. The van der Waals surface area contributed by atoms with Crippen LogP contribution in [0.3, 0.4) is 0 Å². The zero-order valence-electron chi connectivity index (χ0n) is 51.2. The predicted molar refractivity (Wildman–Crippen MR) is 339 cm³/mol. The molecule has 0 fully saturated rings. The van der Waals surface area contributed by atoms with Gasteiger partial charge < -0.3 is 14.2 Å². The van der Waals surface area contributed by atoms with Crippen LogP contribution in [0.25, 0.3) is 0 Å². The quantitative estimate of drug-likeness (QED) is 0.0261. The monoisotopic (exact) mass is 1080 g/mol. The summed E-state index contributed by atoms with van der Waals surface area (Å²) in [5.41, 5.74) is 0. The third kappa shape index (κ3) is 62.9. The van der Waals surface area contributed by atoms with Gasteiger partial charge in [-0.1, -0.05) is 284 Å². The summed E-state index contributed by atoms with van der Waals surface area (Å²) in [6, 6.07) is 0. The maximum Gasteiger partial charge on any atom is 0.306 e. The second-order valence-electron chi connectivity index (χ2n) is 21.6. The normalized spacial score (nSPS) is 12.8. The van der Waals surface area contributed by atoms with Crippen LogP contribution in [0.4, 0.5) is 0 Å². The zero-order chi connectivity index (χ0) is 56.4. The van der Waals surface area contributed by atoms with E-state index in [1.807, 2.05) is 6.08 Å². The van der Waals surface area contributed by atoms with Gasteiger partial charge in [0.25, 0.3) is 0 Å². The molecule has 446 valence electrons. The number of hydrogen-bond donors (Lipinski definition) is 0. The van der Waals surface area contributed by atoms with Gasteiger partial charge in [0.1, 0.15) is 13.2 Å². The van der Waals surface area contributed by atoms with Gasteiger partial charge in [-0.2, -0.15) is 0 Å². The highest BCUT2D eigenvalue weighted by Gasteiger charge is 2.19. The summed E-state index contributed by atoms with van der Waals surface area (Å²) in [6.07, 6.45) is 89.8. The van der Waals surface area contributed by atoms with E-state index in [0.717, 1.165) is 89.9 Å². The van der Waals surface area contributed by atoms with Crippen LogP contribution in [0.15, 0.2) is 109 Å². The molecular weight excluding hydrogens is 961 g/mol. The molecule has 0 heterocycles. The Morgan fingerprint density at radius 1 is 0.269 bits per heavy atom. The first kappa shape index (κ1) is 74.1. The van der Waals surface area contributed by atoms with Crippen molar-refractivity contribution in [3.05, 3.63) is 109 Å². The van der Waals surface area contributed by atoms with E-state index in [4.69, 9.17) is 14.2 Å². The molecule has 1 atom stereocenters. The lowest BCUT2D eigenvalue weighted by atomic mass is 10.0. The lowest BCUT2D eigenvalue weighted by Crippen LogP contribution is -2.30. The largest absolute Gasteiger partial charge is 0.462 e. The summed E-state index contributed by atoms with van der Waals surface area (Å²) in [5, 5.41) is 0. The number of esters is 3. The van der Waals surface area contributed by atoms with E-state index in [0.29, 0.717) is 19.3 Å². The number of carbonyl (C=O) groups is 3. The predicted octanol–water partition coefficient (Wildman–Crippen LogP) is 22.6. The Labute approximate surface area is 482 Å². The fraction of sp³-hybridized carbons (Fsp3) is 0.708. The molecule has 6 nitrogen and oxygen atoms in total. The van der Waals surface area contributed by atoms with Crippen molar-refractivity contribution >= 4 is 17.9 Å². The molecule has 0 aliphatic heterocycles. The average Bonchev–Trinajstić information content (AvgIpc) is 3.44. The van der Waals surface area contributed by atoms with Gasteiger partial charge in [-0.05, 0) is 116 Å². The first-order valence-corrected chi connectivity index (χ1v) is 32.9. The van der Waals surface area contributed by atoms with Crippen LogP contribution >= 0.6 is 0 Å². The van der Waals surface area contributed by atoms with E-state index >= 15 is 0 Å². The van der Waals surface area contributed by atoms with E-state index in [-0.39, 0.29) is 37.5 Å². The number of rotatable bonds is 59. The van der Waals surface area contributed by atoms with Crippen molar-refractivity contribution < 1.29 is 28.6 Å². The van der Waals surface area contributed by atoms with E-state index in [1.165, 1.54) is 173 Å². The molecule has 0 aromatic carbocycles. The molecule has 0 aromatic heterocycles. The van der Waals surface area contributed by atoms with Crippen molar-refractivity contribution in [3.8, 4) is 0 Å². The Morgan fingerprint density at radius 2 is 0.526 bits per heavy atom. The zero-order valence-corrected chi connectivity index (χ0v) is 51.2. The number of ether oxygens (including phenoxy) is 3. The van der Waals surface area contributed by atoms with E-state index in [2.05, 4.69) is 124 Å². The Morgan fingerprint density at radius 3 is 0.872 bits per heavy atom. The maximum absolute atomic E-state index is 12.9. The van der Waals surface area contributed by atoms with E-state index in [1.54, 1.807) is 0 Å². The van der Waals surface area contributed by atoms with Crippen molar-refractivity contribution in [1.82, 2.24) is 0 Å². The first-order valence-electron chi connectivity index (χ1n) is 32.9. The second-order valence-corrected chi connectivity index (χ2v) is 21.6. The van der Waals surface area contributed by atoms with Crippen molar-refractivity contribution in [3.63, 3.8) is 0 Å². The molecule has 0 aliphatic rings. The molecule has 0 rings (SSSR count). The second kappa shape index (κ2) is 65.6. The van der Waals surface area contributed by atoms with Crippen LogP contribution < -0.4 is 0 Å².